The zero-order valence-corrected chi connectivity index (χ0v) is 13.6. The molecule has 1 aromatic rings. The summed E-state index contributed by atoms with van der Waals surface area (Å²) in [6.07, 6.45) is 3.31. The average Bonchev–Trinajstić information content (AvgIpc) is 3.04. The standard InChI is InChI=1S/C15H21N3O4S/c19-18(20)13-6-4-12(5-7-13)17-15(23)16-8-2-9-21-11-14-3-1-10-22-14/h4-7,14H,1-3,8-11H2,(H2,16,17,23)/t14-/m1/s1. The highest BCUT2D eigenvalue weighted by Gasteiger charge is 2.14. The van der Waals surface area contributed by atoms with Gasteiger partial charge in [-0.1, -0.05) is 0 Å². The third kappa shape index (κ3) is 6.47. The topological polar surface area (TPSA) is 85.7 Å². The summed E-state index contributed by atoms with van der Waals surface area (Å²) in [6.45, 7) is 2.86. The monoisotopic (exact) mass is 339 g/mol. The van der Waals surface area contributed by atoms with Crippen LogP contribution < -0.4 is 10.6 Å². The maximum atomic E-state index is 10.6. The van der Waals surface area contributed by atoms with Crippen LogP contribution >= 0.6 is 12.2 Å². The fourth-order valence-electron chi connectivity index (χ4n) is 2.21. The van der Waals surface area contributed by atoms with Crippen molar-refractivity contribution in [2.45, 2.75) is 25.4 Å². The van der Waals surface area contributed by atoms with Crippen molar-refractivity contribution in [2.75, 3.05) is 31.7 Å². The van der Waals surface area contributed by atoms with Crippen LogP contribution in [0, 0.1) is 10.1 Å². The van der Waals surface area contributed by atoms with Crippen molar-refractivity contribution in [3.63, 3.8) is 0 Å². The number of nitro benzene ring substituents is 1. The van der Waals surface area contributed by atoms with E-state index in [9.17, 15) is 10.1 Å². The number of benzene rings is 1. The number of thiocarbonyl (C=S) groups is 1. The number of non-ortho nitro benzene ring substituents is 1. The number of rotatable bonds is 8. The Hall–Kier alpha value is -1.77. The number of hydrogen-bond donors (Lipinski definition) is 2. The van der Waals surface area contributed by atoms with Crippen LogP contribution in [0.15, 0.2) is 24.3 Å². The van der Waals surface area contributed by atoms with E-state index < -0.39 is 4.92 Å². The Balaban J connectivity index is 1.55. The van der Waals surface area contributed by atoms with Crippen molar-refractivity contribution >= 4 is 28.7 Å². The number of nitrogens with one attached hydrogen (secondary N) is 2. The second-order valence-corrected chi connectivity index (χ2v) is 5.66. The van der Waals surface area contributed by atoms with Gasteiger partial charge < -0.3 is 20.1 Å². The van der Waals surface area contributed by atoms with Gasteiger partial charge in [0.05, 0.1) is 17.6 Å². The lowest BCUT2D eigenvalue weighted by Crippen LogP contribution is -2.30. The number of ether oxygens (including phenoxy) is 2. The van der Waals surface area contributed by atoms with Gasteiger partial charge in [-0.25, -0.2) is 0 Å². The van der Waals surface area contributed by atoms with E-state index in [4.69, 9.17) is 21.7 Å². The molecule has 126 valence electrons. The number of hydrogen-bond acceptors (Lipinski definition) is 5. The van der Waals surface area contributed by atoms with Crippen molar-refractivity contribution < 1.29 is 14.4 Å². The first-order valence-corrected chi connectivity index (χ1v) is 8.04. The first-order valence-electron chi connectivity index (χ1n) is 7.64. The van der Waals surface area contributed by atoms with E-state index in [-0.39, 0.29) is 11.8 Å². The van der Waals surface area contributed by atoms with Gasteiger partial charge in [0.1, 0.15) is 0 Å². The Kier molecular flexibility index (Phi) is 7.18. The second-order valence-electron chi connectivity index (χ2n) is 5.25. The minimum absolute atomic E-state index is 0.0535. The summed E-state index contributed by atoms with van der Waals surface area (Å²) < 4.78 is 11.0. The van der Waals surface area contributed by atoms with Gasteiger partial charge in [0, 0.05) is 37.6 Å². The molecule has 0 amide bonds. The lowest BCUT2D eigenvalue weighted by Gasteiger charge is -2.12. The highest BCUT2D eigenvalue weighted by molar-refractivity contribution is 7.80. The molecule has 0 aromatic heterocycles. The van der Waals surface area contributed by atoms with E-state index in [0.717, 1.165) is 25.9 Å². The predicted molar refractivity (Wildman–Crippen MR) is 91.7 cm³/mol. The maximum absolute atomic E-state index is 10.6. The molecule has 0 aliphatic carbocycles. The van der Waals surface area contributed by atoms with Gasteiger partial charge in [-0.15, -0.1) is 0 Å². The third-order valence-electron chi connectivity index (χ3n) is 3.41. The highest BCUT2D eigenvalue weighted by Crippen LogP contribution is 2.15. The summed E-state index contributed by atoms with van der Waals surface area (Å²) in [6, 6.07) is 6.11. The van der Waals surface area contributed by atoms with E-state index in [1.165, 1.54) is 12.1 Å². The highest BCUT2D eigenvalue weighted by atomic mass is 32.1. The number of anilines is 1. The van der Waals surface area contributed by atoms with Crippen LogP contribution in [-0.2, 0) is 9.47 Å². The Morgan fingerprint density at radius 1 is 1.43 bits per heavy atom. The quantitative estimate of drug-likeness (QED) is 0.326. The summed E-state index contributed by atoms with van der Waals surface area (Å²) in [5, 5.41) is 17.1. The smallest absolute Gasteiger partial charge is 0.269 e. The normalized spacial score (nSPS) is 17.0. The van der Waals surface area contributed by atoms with Crippen molar-refractivity contribution in [2.24, 2.45) is 0 Å². The molecule has 2 rings (SSSR count). The molecule has 1 saturated heterocycles. The molecule has 0 unspecified atom stereocenters. The second kappa shape index (κ2) is 9.39. The molecule has 1 aromatic carbocycles. The lowest BCUT2D eigenvalue weighted by molar-refractivity contribution is -0.384. The molecule has 1 heterocycles. The molecule has 1 aliphatic rings. The van der Waals surface area contributed by atoms with E-state index in [1.54, 1.807) is 12.1 Å². The van der Waals surface area contributed by atoms with Gasteiger partial charge in [0.15, 0.2) is 5.11 Å². The molecular formula is C15H21N3O4S. The molecule has 0 saturated carbocycles. The van der Waals surface area contributed by atoms with Gasteiger partial charge in [-0.3, -0.25) is 10.1 Å². The molecule has 2 N–H and O–H groups in total. The summed E-state index contributed by atoms with van der Waals surface area (Å²) in [5.41, 5.74) is 0.764. The lowest BCUT2D eigenvalue weighted by atomic mass is 10.2. The number of nitro groups is 1. The SMILES string of the molecule is O=[N+]([O-])c1ccc(NC(=S)NCCCOC[C@H]2CCCO2)cc1. The van der Waals surface area contributed by atoms with Crippen LogP contribution in [0.3, 0.4) is 0 Å². The number of nitrogens with zero attached hydrogens (tertiary/aromatic N) is 1. The molecule has 1 aliphatic heterocycles. The summed E-state index contributed by atoms with van der Waals surface area (Å²) in [4.78, 5) is 10.1. The van der Waals surface area contributed by atoms with Gasteiger partial charge >= 0.3 is 0 Å². The molecule has 7 nitrogen and oxygen atoms in total. The molecular weight excluding hydrogens is 318 g/mol. The van der Waals surface area contributed by atoms with E-state index in [0.29, 0.717) is 30.6 Å². The third-order valence-corrected chi connectivity index (χ3v) is 3.66. The predicted octanol–water partition coefficient (Wildman–Crippen LogP) is 2.47. The Morgan fingerprint density at radius 2 is 2.22 bits per heavy atom. The van der Waals surface area contributed by atoms with Crippen LogP contribution in [0.1, 0.15) is 19.3 Å². The molecule has 0 radical (unpaired) electrons. The van der Waals surface area contributed by atoms with Crippen LogP contribution in [0.4, 0.5) is 11.4 Å². The fourth-order valence-corrected chi connectivity index (χ4v) is 2.43. The van der Waals surface area contributed by atoms with Gasteiger partial charge in [0.25, 0.3) is 5.69 Å². The fraction of sp³-hybridized carbons (Fsp3) is 0.533. The van der Waals surface area contributed by atoms with Crippen molar-refractivity contribution in [1.82, 2.24) is 5.32 Å². The Bertz CT molecular complexity index is 518. The van der Waals surface area contributed by atoms with E-state index in [1.807, 2.05) is 0 Å². The van der Waals surface area contributed by atoms with Crippen LogP contribution in [0.5, 0.6) is 0 Å². The zero-order valence-electron chi connectivity index (χ0n) is 12.8. The largest absolute Gasteiger partial charge is 0.379 e. The summed E-state index contributed by atoms with van der Waals surface area (Å²) >= 11 is 5.17. The van der Waals surface area contributed by atoms with Crippen molar-refractivity contribution in [3.8, 4) is 0 Å². The molecule has 0 spiro atoms. The minimum atomic E-state index is -0.434. The maximum Gasteiger partial charge on any atom is 0.269 e. The van der Waals surface area contributed by atoms with Gasteiger partial charge in [0.2, 0.25) is 0 Å². The zero-order chi connectivity index (χ0) is 16.5. The first-order chi connectivity index (χ1) is 11.1. The summed E-state index contributed by atoms with van der Waals surface area (Å²) in [7, 11) is 0. The van der Waals surface area contributed by atoms with Gasteiger partial charge in [-0.05, 0) is 43.6 Å². The van der Waals surface area contributed by atoms with Crippen molar-refractivity contribution in [3.05, 3.63) is 34.4 Å². The van der Waals surface area contributed by atoms with Gasteiger partial charge in [-0.2, -0.15) is 0 Å². The van der Waals surface area contributed by atoms with Crippen LogP contribution in [-0.4, -0.2) is 42.5 Å². The summed E-state index contributed by atoms with van der Waals surface area (Å²) in [5.74, 6) is 0. The minimum Gasteiger partial charge on any atom is -0.379 e. The first kappa shape index (κ1) is 17.6. The van der Waals surface area contributed by atoms with Crippen LogP contribution in [0.2, 0.25) is 0 Å². The van der Waals surface area contributed by atoms with Crippen LogP contribution in [0.25, 0.3) is 0 Å². The van der Waals surface area contributed by atoms with E-state index in [2.05, 4.69) is 10.6 Å². The molecule has 1 fully saturated rings. The molecule has 8 heteroatoms. The van der Waals surface area contributed by atoms with Crippen molar-refractivity contribution in [1.29, 1.82) is 0 Å². The molecule has 1 atom stereocenters. The molecule has 0 bridgehead atoms. The average molecular weight is 339 g/mol. The Morgan fingerprint density at radius 3 is 2.87 bits per heavy atom. The Labute approximate surface area is 140 Å². The van der Waals surface area contributed by atoms with E-state index >= 15 is 0 Å². The molecule has 23 heavy (non-hydrogen) atoms.